The van der Waals surface area contributed by atoms with Crippen LogP contribution in [0.25, 0.3) is 0 Å². The smallest absolute Gasteiger partial charge is 0.242 e. The van der Waals surface area contributed by atoms with Crippen LogP contribution in [0.4, 0.5) is 0 Å². The number of hydrogen-bond donors (Lipinski definition) is 2. The highest BCUT2D eigenvalue weighted by molar-refractivity contribution is 9.12. The predicted octanol–water partition coefficient (Wildman–Crippen LogP) is 11.6. The Kier molecular flexibility index (Phi) is 30.8. The lowest BCUT2D eigenvalue weighted by atomic mass is 9.97. The van der Waals surface area contributed by atoms with E-state index in [1.165, 1.54) is 128 Å². The van der Waals surface area contributed by atoms with Crippen LogP contribution in [0.5, 0.6) is 0 Å². The maximum Gasteiger partial charge on any atom is 0.242 e. The van der Waals surface area contributed by atoms with E-state index in [2.05, 4.69) is 70.2 Å². The lowest BCUT2D eigenvalue weighted by Crippen LogP contribution is -2.50. The summed E-state index contributed by atoms with van der Waals surface area (Å²) in [4.78, 5) is 26.6. The second kappa shape index (κ2) is 30.9. The summed E-state index contributed by atoms with van der Waals surface area (Å²) in [6.07, 6.45) is 30.5. The van der Waals surface area contributed by atoms with Gasteiger partial charge in [-0.15, -0.1) is 0 Å². The van der Waals surface area contributed by atoms with Crippen molar-refractivity contribution in [3.8, 4) is 0 Å². The van der Waals surface area contributed by atoms with Crippen LogP contribution < -0.4 is 10.6 Å². The molecule has 0 aromatic heterocycles. The molecule has 4 atom stereocenters. The molecule has 42 heavy (non-hydrogen) atoms. The fourth-order valence-electron chi connectivity index (χ4n) is 5.52. The molecule has 2 N–H and O–H groups in total. The molecule has 0 aromatic carbocycles. The summed E-state index contributed by atoms with van der Waals surface area (Å²) in [6, 6.07) is -0.421. The summed E-state index contributed by atoms with van der Waals surface area (Å²) in [7, 11) is 0. The summed E-state index contributed by atoms with van der Waals surface area (Å²) in [6.45, 7) is 9.39. The number of carbonyl (C=O) groups is 2. The van der Waals surface area contributed by atoms with Crippen LogP contribution in [-0.4, -0.2) is 34.1 Å². The average Bonchev–Trinajstić information content (AvgIpc) is 2.99. The number of unbranched alkanes of at least 4 members (excludes halogenated alkanes) is 18. The van der Waals surface area contributed by atoms with Crippen LogP contribution in [-0.2, 0) is 9.59 Å². The van der Waals surface area contributed by atoms with Crippen LogP contribution in [0.15, 0.2) is 0 Å². The fraction of sp³-hybridized carbons (Fsp3) is 0.944. The molecule has 0 saturated carbocycles. The van der Waals surface area contributed by atoms with E-state index in [9.17, 15) is 9.59 Å². The van der Waals surface area contributed by atoms with E-state index >= 15 is 0 Å². The summed E-state index contributed by atoms with van der Waals surface area (Å²) >= 11 is 7.80. The molecule has 0 spiro atoms. The average molecular weight is 723 g/mol. The van der Waals surface area contributed by atoms with Gasteiger partial charge in [0.1, 0.15) is 6.04 Å². The molecule has 6 heteroatoms. The third-order valence-electron chi connectivity index (χ3n) is 8.75. The van der Waals surface area contributed by atoms with Gasteiger partial charge < -0.3 is 10.6 Å². The highest BCUT2D eigenvalue weighted by atomic mass is 79.9. The quantitative estimate of drug-likeness (QED) is 0.0553. The molecule has 0 bridgehead atoms. The van der Waals surface area contributed by atoms with Crippen molar-refractivity contribution in [2.24, 2.45) is 5.92 Å². The molecule has 0 fully saturated rings. The minimum absolute atomic E-state index is 0.0143. The maximum absolute atomic E-state index is 12.9. The van der Waals surface area contributed by atoms with Gasteiger partial charge in [-0.05, 0) is 31.6 Å². The van der Waals surface area contributed by atoms with Crippen LogP contribution >= 0.6 is 31.9 Å². The topological polar surface area (TPSA) is 58.2 Å². The number of carbonyl (C=O) groups excluding carboxylic acids is 2. The highest BCUT2D eigenvalue weighted by Gasteiger charge is 2.25. The number of halogens is 2. The van der Waals surface area contributed by atoms with Crippen LogP contribution in [0.1, 0.15) is 188 Å². The van der Waals surface area contributed by atoms with Gasteiger partial charge in [0.05, 0.1) is 0 Å². The molecular formula is C36H70Br2N2O2. The third kappa shape index (κ3) is 25.2. The van der Waals surface area contributed by atoms with E-state index < -0.39 is 6.04 Å². The minimum atomic E-state index is -0.421. The zero-order chi connectivity index (χ0) is 31.3. The predicted molar refractivity (Wildman–Crippen MR) is 192 cm³/mol. The molecule has 0 rings (SSSR count). The summed E-state index contributed by atoms with van der Waals surface area (Å²) < 4.78 is 0. The SMILES string of the molecule is CCCCCCCCCCCCNC(=O)[C@@H](NC(=O)CCCCCCCC(Br)C(Br)CCCCCCCC)[C@@H](C)CC. The normalized spacial score (nSPS) is 14.3. The van der Waals surface area contributed by atoms with Gasteiger partial charge in [0.15, 0.2) is 0 Å². The molecule has 0 saturated heterocycles. The second-order valence-corrected chi connectivity index (χ2v) is 15.2. The van der Waals surface area contributed by atoms with Crippen LogP contribution in [0.2, 0.25) is 0 Å². The van der Waals surface area contributed by atoms with Crippen molar-refractivity contribution in [3.05, 3.63) is 0 Å². The molecule has 0 aliphatic rings. The molecule has 250 valence electrons. The number of amides is 2. The largest absolute Gasteiger partial charge is 0.354 e. The molecule has 0 aliphatic heterocycles. The second-order valence-electron chi connectivity index (χ2n) is 12.8. The molecular weight excluding hydrogens is 652 g/mol. The van der Waals surface area contributed by atoms with E-state index in [1.54, 1.807) is 0 Å². The molecule has 4 nitrogen and oxygen atoms in total. The Hall–Kier alpha value is -0.100. The summed E-state index contributed by atoms with van der Waals surface area (Å²) in [5, 5.41) is 6.15. The maximum atomic E-state index is 12.9. The lowest BCUT2D eigenvalue weighted by Gasteiger charge is -2.23. The minimum Gasteiger partial charge on any atom is -0.354 e. The molecule has 0 radical (unpaired) electrons. The molecule has 0 aliphatic carbocycles. The van der Waals surface area contributed by atoms with Gasteiger partial charge in [0.2, 0.25) is 11.8 Å². The summed E-state index contributed by atoms with van der Waals surface area (Å²) in [5.74, 6) is 0.143. The Balaban J connectivity index is 3.95. The first-order chi connectivity index (χ1) is 20.4. The van der Waals surface area contributed by atoms with Gasteiger partial charge in [0, 0.05) is 22.6 Å². The van der Waals surface area contributed by atoms with Crippen molar-refractivity contribution in [1.82, 2.24) is 10.6 Å². The number of hydrogen-bond acceptors (Lipinski definition) is 2. The molecule has 2 amide bonds. The Morgan fingerprint density at radius 1 is 0.571 bits per heavy atom. The van der Waals surface area contributed by atoms with Gasteiger partial charge in [-0.2, -0.15) is 0 Å². The zero-order valence-corrected chi connectivity index (χ0v) is 31.4. The van der Waals surface area contributed by atoms with Crippen molar-refractivity contribution in [3.63, 3.8) is 0 Å². The van der Waals surface area contributed by atoms with Crippen molar-refractivity contribution >= 4 is 43.7 Å². The first-order valence-electron chi connectivity index (χ1n) is 18.2. The van der Waals surface area contributed by atoms with E-state index in [-0.39, 0.29) is 17.7 Å². The fourth-order valence-corrected chi connectivity index (χ4v) is 6.69. The van der Waals surface area contributed by atoms with E-state index in [4.69, 9.17) is 0 Å². The van der Waals surface area contributed by atoms with Gasteiger partial charge in [-0.3, -0.25) is 9.59 Å². The Morgan fingerprint density at radius 2 is 0.976 bits per heavy atom. The number of alkyl halides is 2. The van der Waals surface area contributed by atoms with E-state index in [0.717, 1.165) is 25.7 Å². The monoisotopic (exact) mass is 720 g/mol. The number of nitrogens with one attached hydrogen (secondary N) is 2. The van der Waals surface area contributed by atoms with E-state index in [1.807, 2.05) is 0 Å². The Bertz CT molecular complexity index is 619. The van der Waals surface area contributed by atoms with Gasteiger partial charge in [0.25, 0.3) is 0 Å². The standard InChI is InChI=1S/C36H70Br2N2O2/c1-5-8-10-12-14-15-16-17-22-26-30-39-36(42)35(31(4)7-3)40-34(41)29-25-21-18-20-24-28-33(38)32(37)27-23-19-13-11-9-6-2/h31-33,35H,5-30H2,1-4H3,(H,39,42)(H,40,41)/t31-,32?,33?,35-/m0/s1. The Labute approximate surface area is 279 Å². The van der Waals surface area contributed by atoms with Gasteiger partial charge >= 0.3 is 0 Å². The summed E-state index contributed by atoms with van der Waals surface area (Å²) in [5.41, 5.74) is 0. The van der Waals surface area contributed by atoms with Crippen molar-refractivity contribution in [2.45, 2.75) is 204 Å². The first-order valence-corrected chi connectivity index (χ1v) is 20.1. The first kappa shape index (κ1) is 41.9. The molecule has 0 heterocycles. The van der Waals surface area contributed by atoms with Crippen LogP contribution in [0, 0.1) is 5.92 Å². The van der Waals surface area contributed by atoms with Crippen molar-refractivity contribution in [1.29, 1.82) is 0 Å². The molecule has 0 aromatic rings. The van der Waals surface area contributed by atoms with Crippen molar-refractivity contribution in [2.75, 3.05) is 6.54 Å². The van der Waals surface area contributed by atoms with E-state index in [0.29, 0.717) is 22.6 Å². The third-order valence-corrected chi connectivity index (χ3v) is 11.7. The van der Waals surface area contributed by atoms with Gasteiger partial charge in [-0.1, -0.05) is 188 Å². The van der Waals surface area contributed by atoms with Crippen molar-refractivity contribution < 1.29 is 9.59 Å². The highest BCUT2D eigenvalue weighted by Crippen LogP contribution is 2.25. The molecule has 2 unspecified atom stereocenters. The Morgan fingerprint density at radius 3 is 1.43 bits per heavy atom. The van der Waals surface area contributed by atoms with Crippen LogP contribution in [0.3, 0.4) is 0 Å². The lowest BCUT2D eigenvalue weighted by molar-refractivity contribution is -0.130. The van der Waals surface area contributed by atoms with Gasteiger partial charge in [-0.25, -0.2) is 0 Å². The zero-order valence-electron chi connectivity index (χ0n) is 28.3. The number of rotatable bonds is 31.